The third-order valence-electron chi connectivity index (χ3n) is 2.82. The molecule has 2 aromatic heterocycles. The van der Waals surface area contributed by atoms with Gasteiger partial charge in [-0.15, -0.1) is 0 Å². The highest BCUT2D eigenvalue weighted by molar-refractivity contribution is 6.11. The van der Waals surface area contributed by atoms with Gasteiger partial charge in [0.25, 0.3) is 0 Å². The number of nitrogens with one attached hydrogen (secondary N) is 1. The molecule has 0 unspecified atom stereocenters. The fraction of sp³-hybridized carbons (Fsp3) is 0. The molecule has 0 aliphatic heterocycles. The van der Waals surface area contributed by atoms with Crippen molar-refractivity contribution in [3.8, 4) is 0 Å². The summed E-state index contributed by atoms with van der Waals surface area (Å²) in [5.74, 6) is 0.681. The summed E-state index contributed by atoms with van der Waals surface area (Å²) in [6, 6.07) is 17.3. The predicted molar refractivity (Wildman–Crippen MR) is 82.0 cm³/mol. The summed E-state index contributed by atoms with van der Waals surface area (Å²) in [4.78, 5) is 12.4. The van der Waals surface area contributed by atoms with Crippen LogP contribution in [0.2, 0.25) is 0 Å². The Balaban J connectivity index is 1.97. The zero-order chi connectivity index (χ0) is 14.3. The van der Waals surface area contributed by atoms with Crippen LogP contribution in [0.5, 0.6) is 0 Å². The van der Waals surface area contributed by atoms with Crippen molar-refractivity contribution in [1.29, 1.82) is 0 Å². The number of hydrazone groups is 1. The quantitative estimate of drug-likeness (QED) is 0.587. The second-order valence-corrected chi connectivity index (χ2v) is 4.25. The van der Waals surface area contributed by atoms with E-state index in [4.69, 9.17) is 0 Å². The van der Waals surface area contributed by atoms with Crippen LogP contribution in [-0.4, -0.2) is 20.7 Å². The molecule has 0 fully saturated rings. The maximum Gasteiger partial charge on any atom is 0.146 e. The van der Waals surface area contributed by atoms with Gasteiger partial charge in [0.05, 0.1) is 5.69 Å². The van der Waals surface area contributed by atoms with Gasteiger partial charge in [0.1, 0.15) is 17.9 Å². The third kappa shape index (κ3) is 3.27. The Hall–Kier alpha value is -3.08. The van der Waals surface area contributed by atoms with Crippen LogP contribution in [0.4, 0.5) is 5.82 Å². The molecular formula is C16H13N5. The van der Waals surface area contributed by atoms with Crippen molar-refractivity contribution >= 4 is 11.5 Å². The van der Waals surface area contributed by atoms with Crippen LogP contribution in [0.25, 0.3) is 0 Å². The van der Waals surface area contributed by atoms with E-state index < -0.39 is 0 Å². The van der Waals surface area contributed by atoms with E-state index in [1.165, 1.54) is 6.33 Å². The number of aromatic nitrogens is 3. The van der Waals surface area contributed by atoms with Crippen molar-refractivity contribution in [2.24, 2.45) is 5.10 Å². The van der Waals surface area contributed by atoms with Crippen LogP contribution in [0.3, 0.4) is 0 Å². The summed E-state index contributed by atoms with van der Waals surface area (Å²) in [5, 5.41) is 4.45. The van der Waals surface area contributed by atoms with Crippen molar-refractivity contribution < 1.29 is 0 Å². The summed E-state index contributed by atoms with van der Waals surface area (Å²) in [6.07, 6.45) is 4.92. The van der Waals surface area contributed by atoms with Gasteiger partial charge in [-0.05, 0) is 18.2 Å². The number of pyridine rings is 1. The smallest absolute Gasteiger partial charge is 0.146 e. The molecule has 0 saturated heterocycles. The highest BCUT2D eigenvalue weighted by atomic mass is 15.3. The molecule has 0 spiro atoms. The number of hydrogen-bond acceptors (Lipinski definition) is 5. The monoisotopic (exact) mass is 275 g/mol. The summed E-state index contributed by atoms with van der Waals surface area (Å²) >= 11 is 0. The van der Waals surface area contributed by atoms with Gasteiger partial charge < -0.3 is 0 Å². The fourth-order valence-electron chi connectivity index (χ4n) is 1.84. The first kappa shape index (κ1) is 12.9. The van der Waals surface area contributed by atoms with Crippen molar-refractivity contribution in [3.05, 3.63) is 84.6 Å². The lowest BCUT2D eigenvalue weighted by molar-refractivity contribution is 1.14. The van der Waals surface area contributed by atoms with E-state index in [0.29, 0.717) is 5.82 Å². The molecule has 2 heterocycles. The minimum atomic E-state index is 0.681. The standard InChI is InChI=1S/C16H13N5/c1-2-6-13(7-3-1)16(14-9-11-17-12-19-14)21-20-15-8-4-5-10-18-15/h1-12H,(H,18,20)/b21-16+. The topological polar surface area (TPSA) is 63.1 Å². The number of anilines is 1. The summed E-state index contributed by atoms with van der Waals surface area (Å²) in [7, 11) is 0. The maximum absolute atomic E-state index is 4.45. The van der Waals surface area contributed by atoms with Gasteiger partial charge in [0.2, 0.25) is 0 Å². The molecule has 0 atom stereocenters. The van der Waals surface area contributed by atoms with Gasteiger partial charge in [0.15, 0.2) is 0 Å². The number of rotatable bonds is 4. The molecule has 102 valence electrons. The Morgan fingerprint density at radius 2 is 1.71 bits per heavy atom. The summed E-state index contributed by atoms with van der Waals surface area (Å²) < 4.78 is 0. The number of nitrogens with zero attached hydrogens (tertiary/aromatic N) is 4. The van der Waals surface area contributed by atoms with Crippen molar-refractivity contribution in [2.75, 3.05) is 5.43 Å². The molecule has 0 radical (unpaired) electrons. The van der Waals surface area contributed by atoms with Crippen LogP contribution in [0.1, 0.15) is 11.3 Å². The van der Waals surface area contributed by atoms with Crippen molar-refractivity contribution in [2.45, 2.75) is 0 Å². The largest absolute Gasteiger partial charge is 0.261 e. The fourth-order valence-corrected chi connectivity index (χ4v) is 1.84. The Morgan fingerprint density at radius 3 is 2.43 bits per heavy atom. The highest BCUT2D eigenvalue weighted by Gasteiger charge is 2.08. The minimum Gasteiger partial charge on any atom is -0.261 e. The van der Waals surface area contributed by atoms with Gasteiger partial charge in [-0.2, -0.15) is 5.10 Å². The molecule has 0 bridgehead atoms. The highest BCUT2D eigenvalue weighted by Crippen LogP contribution is 2.09. The van der Waals surface area contributed by atoms with E-state index >= 15 is 0 Å². The van der Waals surface area contributed by atoms with Crippen LogP contribution in [0.15, 0.2) is 78.4 Å². The Morgan fingerprint density at radius 1 is 0.857 bits per heavy atom. The van der Waals surface area contributed by atoms with E-state index in [1.54, 1.807) is 12.4 Å². The molecule has 1 aromatic carbocycles. The van der Waals surface area contributed by atoms with Gasteiger partial charge >= 0.3 is 0 Å². The number of hydrogen-bond donors (Lipinski definition) is 1. The second kappa shape index (κ2) is 6.38. The third-order valence-corrected chi connectivity index (χ3v) is 2.82. The minimum absolute atomic E-state index is 0.681. The molecule has 0 saturated carbocycles. The Bertz CT molecular complexity index is 670. The first-order valence-corrected chi connectivity index (χ1v) is 6.50. The molecule has 3 aromatic rings. The zero-order valence-corrected chi connectivity index (χ0v) is 11.2. The molecule has 5 nitrogen and oxygen atoms in total. The molecule has 1 N–H and O–H groups in total. The van der Waals surface area contributed by atoms with E-state index in [9.17, 15) is 0 Å². The first-order valence-electron chi connectivity index (χ1n) is 6.50. The van der Waals surface area contributed by atoms with Gasteiger partial charge in [-0.3, -0.25) is 5.43 Å². The number of benzene rings is 1. The molecular weight excluding hydrogens is 262 g/mol. The predicted octanol–water partition coefficient (Wildman–Crippen LogP) is 2.74. The molecule has 0 aliphatic carbocycles. The summed E-state index contributed by atoms with van der Waals surface area (Å²) in [5.41, 5.74) is 5.42. The van der Waals surface area contributed by atoms with E-state index in [-0.39, 0.29) is 0 Å². The lowest BCUT2D eigenvalue weighted by Gasteiger charge is -2.06. The molecule has 0 amide bonds. The van der Waals surface area contributed by atoms with Crippen LogP contribution < -0.4 is 5.43 Å². The first-order chi connectivity index (χ1) is 10.4. The molecule has 3 rings (SSSR count). The average Bonchev–Trinajstić information content (AvgIpc) is 2.58. The van der Waals surface area contributed by atoms with Crippen LogP contribution in [-0.2, 0) is 0 Å². The molecule has 5 heteroatoms. The van der Waals surface area contributed by atoms with Crippen molar-refractivity contribution in [1.82, 2.24) is 15.0 Å². The van der Waals surface area contributed by atoms with Crippen LogP contribution in [0, 0.1) is 0 Å². The SMILES string of the molecule is c1ccc(/C(=N\Nc2ccccn2)c2ccncn2)cc1. The Labute approximate surface area is 122 Å². The lowest BCUT2D eigenvalue weighted by atomic mass is 10.1. The van der Waals surface area contributed by atoms with Gasteiger partial charge in [0, 0.05) is 18.0 Å². The Kier molecular flexibility index (Phi) is 3.93. The summed E-state index contributed by atoms with van der Waals surface area (Å²) in [6.45, 7) is 0. The normalized spacial score (nSPS) is 11.1. The van der Waals surface area contributed by atoms with E-state index in [1.807, 2.05) is 54.6 Å². The van der Waals surface area contributed by atoms with Crippen molar-refractivity contribution in [3.63, 3.8) is 0 Å². The van der Waals surface area contributed by atoms with Gasteiger partial charge in [-0.25, -0.2) is 15.0 Å². The van der Waals surface area contributed by atoms with Crippen LogP contribution >= 0.6 is 0 Å². The molecule has 0 aliphatic rings. The average molecular weight is 275 g/mol. The van der Waals surface area contributed by atoms with Gasteiger partial charge in [-0.1, -0.05) is 36.4 Å². The second-order valence-electron chi connectivity index (χ2n) is 4.25. The van der Waals surface area contributed by atoms with E-state index in [2.05, 4.69) is 25.5 Å². The maximum atomic E-state index is 4.45. The molecule has 21 heavy (non-hydrogen) atoms. The lowest BCUT2D eigenvalue weighted by Crippen LogP contribution is -2.09. The van der Waals surface area contributed by atoms with E-state index in [0.717, 1.165) is 17.0 Å². The zero-order valence-electron chi connectivity index (χ0n) is 11.2.